The first-order chi connectivity index (χ1) is 14.4. The van der Waals surface area contributed by atoms with Gasteiger partial charge in [0, 0.05) is 12.2 Å². The van der Waals surface area contributed by atoms with Gasteiger partial charge >= 0.3 is 0 Å². The number of rotatable bonds is 9. The molecule has 0 bridgehead atoms. The van der Waals surface area contributed by atoms with E-state index in [2.05, 4.69) is 15.0 Å². The third-order valence-electron chi connectivity index (χ3n) is 4.33. The largest absolute Gasteiger partial charge is 0.484 e. The Labute approximate surface area is 176 Å². The van der Waals surface area contributed by atoms with E-state index >= 15 is 0 Å². The lowest BCUT2D eigenvalue weighted by molar-refractivity contribution is -0.123. The lowest BCUT2D eigenvalue weighted by Crippen LogP contribution is -2.28. The highest BCUT2D eigenvalue weighted by atomic mass is 32.2. The SMILES string of the molecule is C[C@@H](NS(=O)(=O)c1ccc(OCC(=O)NCc2ccccn2)cc1)c1ccccc1. The highest BCUT2D eigenvalue weighted by Crippen LogP contribution is 2.19. The highest BCUT2D eigenvalue weighted by Gasteiger charge is 2.18. The summed E-state index contributed by atoms with van der Waals surface area (Å²) in [5, 5.41) is 2.71. The number of pyridine rings is 1. The Morgan fingerprint density at radius 2 is 1.70 bits per heavy atom. The number of aromatic nitrogens is 1. The average molecular weight is 426 g/mol. The van der Waals surface area contributed by atoms with Crippen LogP contribution in [0.25, 0.3) is 0 Å². The van der Waals surface area contributed by atoms with E-state index in [1.54, 1.807) is 19.2 Å². The van der Waals surface area contributed by atoms with Crippen LogP contribution in [0.1, 0.15) is 24.2 Å². The van der Waals surface area contributed by atoms with Gasteiger partial charge in [0.05, 0.1) is 17.1 Å². The molecular weight excluding hydrogens is 402 g/mol. The van der Waals surface area contributed by atoms with Crippen LogP contribution in [0.5, 0.6) is 5.75 Å². The molecule has 3 rings (SSSR count). The zero-order chi connectivity index (χ0) is 21.4. The van der Waals surface area contributed by atoms with Crippen molar-refractivity contribution < 1.29 is 17.9 Å². The topological polar surface area (TPSA) is 97.4 Å². The Morgan fingerprint density at radius 1 is 1.00 bits per heavy atom. The van der Waals surface area contributed by atoms with E-state index in [4.69, 9.17) is 4.74 Å². The van der Waals surface area contributed by atoms with E-state index in [0.717, 1.165) is 11.3 Å². The van der Waals surface area contributed by atoms with Crippen molar-refractivity contribution in [3.63, 3.8) is 0 Å². The molecule has 0 aliphatic carbocycles. The average Bonchev–Trinajstić information content (AvgIpc) is 2.77. The van der Waals surface area contributed by atoms with Crippen molar-refractivity contribution in [1.82, 2.24) is 15.0 Å². The van der Waals surface area contributed by atoms with Crippen molar-refractivity contribution in [3.8, 4) is 5.75 Å². The zero-order valence-electron chi connectivity index (χ0n) is 16.5. The van der Waals surface area contributed by atoms with E-state index < -0.39 is 10.0 Å². The molecule has 2 N–H and O–H groups in total. The minimum absolute atomic E-state index is 0.122. The van der Waals surface area contributed by atoms with Crippen molar-refractivity contribution in [2.75, 3.05) is 6.61 Å². The number of nitrogens with zero attached hydrogens (tertiary/aromatic N) is 1. The van der Waals surface area contributed by atoms with Crippen LogP contribution in [0.15, 0.2) is 83.9 Å². The van der Waals surface area contributed by atoms with Crippen LogP contribution in [-0.4, -0.2) is 25.9 Å². The summed E-state index contributed by atoms with van der Waals surface area (Å²) in [4.78, 5) is 16.1. The van der Waals surface area contributed by atoms with E-state index in [1.807, 2.05) is 42.5 Å². The third-order valence-corrected chi connectivity index (χ3v) is 5.88. The van der Waals surface area contributed by atoms with Gasteiger partial charge in [0.15, 0.2) is 6.61 Å². The van der Waals surface area contributed by atoms with Crippen molar-refractivity contribution >= 4 is 15.9 Å². The lowest BCUT2D eigenvalue weighted by Gasteiger charge is -2.15. The molecule has 30 heavy (non-hydrogen) atoms. The second kappa shape index (κ2) is 10.00. The number of carbonyl (C=O) groups is 1. The molecule has 0 radical (unpaired) electrons. The fourth-order valence-corrected chi connectivity index (χ4v) is 3.95. The molecular formula is C22H23N3O4S. The summed E-state index contributed by atoms with van der Waals surface area (Å²) >= 11 is 0. The van der Waals surface area contributed by atoms with Gasteiger partial charge in [-0.1, -0.05) is 36.4 Å². The predicted molar refractivity (Wildman–Crippen MR) is 113 cm³/mol. The Morgan fingerprint density at radius 3 is 2.37 bits per heavy atom. The summed E-state index contributed by atoms with van der Waals surface area (Å²) < 4.78 is 33.3. The quantitative estimate of drug-likeness (QED) is 0.549. The van der Waals surface area contributed by atoms with Crippen molar-refractivity contribution in [3.05, 3.63) is 90.3 Å². The zero-order valence-corrected chi connectivity index (χ0v) is 17.3. The second-order valence-corrected chi connectivity index (χ2v) is 8.33. The number of nitrogens with one attached hydrogen (secondary N) is 2. The molecule has 0 saturated carbocycles. The van der Waals surface area contributed by atoms with E-state index in [0.29, 0.717) is 12.3 Å². The van der Waals surface area contributed by atoms with Gasteiger partial charge in [0.25, 0.3) is 5.91 Å². The first-order valence-corrected chi connectivity index (χ1v) is 10.9. The van der Waals surface area contributed by atoms with Crippen molar-refractivity contribution in [2.45, 2.75) is 24.4 Å². The van der Waals surface area contributed by atoms with Gasteiger partial charge in [0.1, 0.15) is 5.75 Å². The molecule has 3 aromatic rings. The fraction of sp³-hybridized carbons (Fsp3) is 0.182. The lowest BCUT2D eigenvalue weighted by atomic mass is 10.1. The fourth-order valence-electron chi connectivity index (χ4n) is 2.72. The normalized spacial score (nSPS) is 12.2. The number of hydrogen-bond donors (Lipinski definition) is 2. The van der Waals surface area contributed by atoms with Crippen LogP contribution in [0.3, 0.4) is 0 Å². The monoisotopic (exact) mass is 425 g/mol. The molecule has 7 nitrogen and oxygen atoms in total. The van der Waals surface area contributed by atoms with Gasteiger partial charge in [0.2, 0.25) is 10.0 Å². The number of carbonyl (C=O) groups excluding carboxylic acids is 1. The maximum atomic E-state index is 12.6. The summed E-state index contributed by atoms with van der Waals surface area (Å²) in [5.41, 5.74) is 1.62. The first-order valence-electron chi connectivity index (χ1n) is 9.41. The van der Waals surface area contributed by atoms with Crippen LogP contribution in [0.4, 0.5) is 0 Å². The molecule has 0 saturated heterocycles. The van der Waals surface area contributed by atoms with Crippen molar-refractivity contribution in [1.29, 1.82) is 0 Å². The Balaban J connectivity index is 1.52. The highest BCUT2D eigenvalue weighted by molar-refractivity contribution is 7.89. The van der Waals surface area contributed by atoms with Crippen LogP contribution >= 0.6 is 0 Å². The minimum Gasteiger partial charge on any atom is -0.484 e. The predicted octanol–water partition coefficient (Wildman–Crippen LogP) is 2.82. The molecule has 1 amide bonds. The molecule has 8 heteroatoms. The van der Waals surface area contributed by atoms with Crippen LogP contribution in [0, 0.1) is 0 Å². The standard InChI is InChI=1S/C22H23N3O4S/c1-17(18-7-3-2-4-8-18)25-30(27,28)21-12-10-20(11-13-21)29-16-22(26)24-15-19-9-5-6-14-23-19/h2-14,17,25H,15-16H2,1H3,(H,24,26)/t17-/m1/s1. The smallest absolute Gasteiger partial charge is 0.258 e. The second-order valence-electron chi connectivity index (χ2n) is 6.61. The maximum Gasteiger partial charge on any atom is 0.258 e. The molecule has 156 valence electrons. The molecule has 0 aliphatic heterocycles. The third kappa shape index (κ3) is 6.13. The van der Waals surface area contributed by atoms with Gasteiger partial charge in [-0.25, -0.2) is 13.1 Å². The minimum atomic E-state index is -3.69. The van der Waals surface area contributed by atoms with Crippen LogP contribution in [-0.2, 0) is 21.4 Å². The molecule has 1 heterocycles. The molecule has 2 aromatic carbocycles. The number of amides is 1. The summed E-state index contributed by atoms with van der Waals surface area (Å²) in [6.45, 7) is 1.92. The van der Waals surface area contributed by atoms with Gasteiger partial charge in [-0.2, -0.15) is 0 Å². The molecule has 0 unspecified atom stereocenters. The number of benzene rings is 2. The van der Waals surface area contributed by atoms with Gasteiger partial charge in [-0.05, 0) is 48.9 Å². The number of hydrogen-bond acceptors (Lipinski definition) is 5. The van der Waals surface area contributed by atoms with E-state index in [9.17, 15) is 13.2 Å². The first kappa shape index (κ1) is 21.5. The molecule has 0 fully saturated rings. The Bertz CT molecular complexity index is 1060. The summed E-state index contributed by atoms with van der Waals surface area (Å²) in [5.74, 6) is 0.105. The molecule has 0 spiro atoms. The molecule has 1 atom stereocenters. The number of sulfonamides is 1. The van der Waals surface area contributed by atoms with Crippen molar-refractivity contribution in [2.24, 2.45) is 0 Å². The summed E-state index contributed by atoms with van der Waals surface area (Å²) in [6, 6.07) is 20.4. The molecule has 0 aliphatic rings. The number of ether oxygens (including phenoxy) is 1. The van der Waals surface area contributed by atoms with Gasteiger partial charge in [-0.15, -0.1) is 0 Å². The molecule has 1 aromatic heterocycles. The Hall–Kier alpha value is -3.23. The Kier molecular flexibility index (Phi) is 7.16. The summed E-state index contributed by atoms with van der Waals surface area (Å²) in [7, 11) is -3.69. The van der Waals surface area contributed by atoms with Gasteiger partial charge < -0.3 is 10.1 Å². The summed E-state index contributed by atoms with van der Waals surface area (Å²) in [6.07, 6.45) is 1.66. The van der Waals surface area contributed by atoms with E-state index in [-0.39, 0.29) is 23.5 Å². The van der Waals surface area contributed by atoms with Crippen LogP contribution in [0.2, 0.25) is 0 Å². The maximum absolute atomic E-state index is 12.6. The van der Waals surface area contributed by atoms with Crippen LogP contribution < -0.4 is 14.8 Å². The van der Waals surface area contributed by atoms with E-state index in [1.165, 1.54) is 24.3 Å². The van der Waals surface area contributed by atoms with Gasteiger partial charge in [-0.3, -0.25) is 9.78 Å².